The summed E-state index contributed by atoms with van der Waals surface area (Å²) < 4.78 is 0. The number of rotatable bonds is 5. The van der Waals surface area contributed by atoms with Crippen molar-refractivity contribution in [2.75, 3.05) is 0 Å². The predicted octanol–water partition coefficient (Wildman–Crippen LogP) is 12.6. The van der Waals surface area contributed by atoms with Crippen LogP contribution in [0.3, 0.4) is 0 Å². The van der Waals surface area contributed by atoms with E-state index in [2.05, 4.69) is 155 Å². The van der Waals surface area contributed by atoms with Crippen molar-refractivity contribution >= 4 is 10.8 Å². The van der Waals surface area contributed by atoms with Crippen molar-refractivity contribution in [2.24, 2.45) is 0 Å². The summed E-state index contributed by atoms with van der Waals surface area (Å²) in [6.07, 6.45) is 0. The van der Waals surface area contributed by atoms with E-state index in [1.807, 2.05) is 36.4 Å². The molecule has 0 saturated carbocycles. The van der Waals surface area contributed by atoms with E-state index in [1.54, 1.807) is 0 Å². The molecule has 0 aliphatic heterocycles. The normalized spacial score (nSPS) is 14.1. The van der Waals surface area contributed by atoms with E-state index >= 15 is 0 Å². The minimum Gasteiger partial charge on any atom is -0.208 e. The zero-order valence-electron chi connectivity index (χ0n) is 29.9. The second-order valence-corrected chi connectivity index (χ2v) is 14.9. The molecule has 0 fully saturated rings. The summed E-state index contributed by atoms with van der Waals surface area (Å²) in [5.41, 5.74) is 12.9. The lowest BCUT2D eigenvalue weighted by Crippen LogP contribution is -2.43. The van der Waals surface area contributed by atoms with E-state index < -0.39 is 0 Å². The number of hydrogen-bond donors (Lipinski definition) is 0. The molecule has 52 heavy (non-hydrogen) atoms. The van der Waals surface area contributed by atoms with Gasteiger partial charge in [-0.05, 0) is 90.4 Å². The van der Waals surface area contributed by atoms with E-state index in [-0.39, 0.29) is 10.8 Å². The van der Waals surface area contributed by atoms with Gasteiger partial charge < -0.3 is 0 Å². The first-order valence-corrected chi connectivity index (χ1v) is 18.0. The van der Waals surface area contributed by atoms with Crippen molar-refractivity contribution in [1.82, 2.24) is 15.0 Å². The van der Waals surface area contributed by atoms with Crippen LogP contribution in [-0.2, 0) is 10.8 Å². The van der Waals surface area contributed by atoms with Crippen LogP contribution in [0.5, 0.6) is 0 Å². The third-order valence-electron chi connectivity index (χ3n) is 11.5. The molecule has 3 heteroatoms. The van der Waals surface area contributed by atoms with Crippen molar-refractivity contribution in [3.63, 3.8) is 0 Å². The molecule has 250 valence electrons. The first kappa shape index (κ1) is 31.8. The average Bonchev–Trinajstić information content (AvgIpc) is 3.20. The fourth-order valence-electron chi connectivity index (χ4n) is 7.88. The molecule has 3 nitrogen and oxygen atoms in total. The lowest BCUT2D eigenvalue weighted by atomic mass is 9.55. The smallest absolute Gasteiger partial charge is 0.164 e. The van der Waals surface area contributed by atoms with Crippen LogP contribution in [0.15, 0.2) is 164 Å². The summed E-state index contributed by atoms with van der Waals surface area (Å²) in [5.74, 6) is 1.97. The van der Waals surface area contributed by atoms with Crippen LogP contribution < -0.4 is 0 Å². The van der Waals surface area contributed by atoms with Crippen LogP contribution in [0, 0.1) is 0 Å². The number of nitrogens with zero attached hydrogens (tertiary/aromatic N) is 3. The summed E-state index contributed by atoms with van der Waals surface area (Å²) in [6, 6.07) is 58.3. The molecule has 0 amide bonds. The van der Waals surface area contributed by atoms with Gasteiger partial charge in [0, 0.05) is 16.7 Å². The number of hydrogen-bond acceptors (Lipinski definition) is 3. The van der Waals surface area contributed by atoms with E-state index in [9.17, 15) is 0 Å². The van der Waals surface area contributed by atoms with Crippen LogP contribution in [0.4, 0.5) is 0 Å². The zero-order chi connectivity index (χ0) is 35.5. The Labute approximate surface area is 305 Å². The molecular weight excluding hydrogens is 631 g/mol. The van der Waals surface area contributed by atoms with Gasteiger partial charge in [-0.1, -0.05) is 167 Å². The van der Waals surface area contributed by atoms with Crippen molar-refractivity contribution in [2.45, 2.75) is 38.5 Å². The molecular formula is C49H39N3. The highest BCUT2D eigenvalue weighted by molar-refractivity contribution is 5.99. The monoisotopic (exact) mass is 669 g/mol. The summed E-state index contributed by atoms with van der Waals surface area (Å²) in [5, 5.41) is 2.25. The second kappa shape index (κ2) is 12.2. The Bertz CT molecular complexity index is 2550. The topological polar surface area (TPSA) is 38.7 Å². The maximum absolute atomic E-state index is 5.14. The molecule has 0 bridgehead atoms. The molecule has 1 aromatic heterocycles. The van der Waals surface area contributed by atoms with Gasteiger partial charge in [-0.2, -0.15) is 0 Å². The van der Waals surface area contributed by atoms with Gasteiger partial charge >= 0.3 is 0 Å². The highest BCUT2D eigenvalue weighted by atomic mass is 15.0. The number of benzene rings is 7. The van der Waals surface area contributed by atoms with Crippen molar-refractivity contribution in [1.29, 1.82) is 0 Å². The number of fused-ring (bicyclic) bond motifs is 4. The van der Waals surface area contributed by atoms with Gasteiger partial charge in [-0.15, -0.1) is 0 Å². The molecule has 0 unspecified atom stereocenters. The fraction of sp³-hybridized carbons (Fsp3) is 0.122. The van der Waals surface area contributed by atoms with Gasteiger partial charge in [-0.25, -0.2) is 15.0 Å². The second-order valence-electron chi connectivity index (χ2n) is 14.9. The quantitative estimate of drug-likeness (QED) is 0.183. The van der Waals surface area contributed by atoms with Crippen molar-refractivity contribution in [3.05, 3.63) is 175 Å². The van der Waals surface area contributed by atoms with Crippen LogP contribution >= 0.6 is 0 Å². The lowest BCUT2D eigenvalue weighted by Gasteiger charge is -2.48. The Hall–Kier alpha value is -6.19. The van der Waals surface area contributed by atoms with Crippen molar-refractivity contribution in [3.8, 4) is 67.5 Å². The van der Waals surface area contributed by atoms with E-state index in [1.165, 1.54) is 33.4 Å². The molecule has 0 saturated heterocycles. The first-order valence-electron chi connectivity index (χ1n) is 18.0. The molecule has 1 aliphatic rings. The molecule has 1 heterocycles. The molecule has 0 N–H and O–H groups in total. The molecule has 8 aromatic rings. The summed E-state index contributed by atoms with van der Waals surface area (Å²) >= 11 is 0. The maximum Gasteiger partial charge on any atom is 0.164 e. The van der Waals surface area contributed by atoms with Crippen LogP contribution in [0.1, 0.15) is 38.8 Å². The molecule has 7 aromatic carbocycles. The average molecular weight is 670 g/mol. The molecule has 9 rings (SSSR count). The highest BCUT2D eigenvalue weighted by Crippen LogP contribution is 2.55. The van der Waals surface area contributed by atoms with Crippen molar-refractivity contribution < 1.29 is 0 Å². The Morgan fingerprint density at radius 2 is 0.750 bits per heavy atom. The Balaban J connectivity index is 1.25. The molecule has 0 spiro atoms. The highest BCUT2D eigenvalue weighted by Gasteiger charge is 2.45. The van der Waals surface area contributed by atoms with Gasteiger partial charge in [0.15, 0.2) is 17.5 Å². The standard InChI is InChI=1S/C49H39N3/c1-48(2)43-26-24-35(32-16-8-5-9-17-32)29-40(43)41-30-36(25-27-44(41)49(48,3)4)38-28-37-22-14-15-23-39(37)42(31-38)47-51-45(33-18-10-6-11-19-33)50-46(52-47)34-20-12-7-13-21-34/h5-31H,1-4H3. The largest absolute Gasteiger partial charge is 0.208 e. The van der Waals surface area contributed by atoms with Gasteiger partial charge in [-0.3, -0.25) is 0 Å². The predicted molar refractivity (Wildman–Crippen MR) is 216 cm³/mol. The SMILES string of the molecule is CC1(C)c2ccc(-c3ccccc3)cc2-c2cc(-c3cc(-c4nc(-c5ccccc5)nc(-c5ccccc5)n4)c4ccccc4c3)ccc2C1(C)C. The third kappa shape index (κ3) is 5.24. The van der Waals surface area contributed by atoms with Gasteiger partial charge in [0.25, 0.3) is 0 Å². The lowest BCUT2D eigenvalue weighted by molar-refractivity contribution is 0.299. The molecule has 1 aliphatic carbocycles. The van der Waals surface area contributed by atoms with Crippen LogP contribution in [0.2, 0.25) is 0 Å². The Morgan fingerprint density at radius 3 is 1.29 bits per heavy atom. The third-order valence-corrected chi connectivity index (χ3v) is 11.5. The summed E-state index contributed by atoms with van der Waals surface area (Å²) in [6.45, 7) is 9.57. The maximum atomic E-state index is 5.14. The summed E-state index contributed by atoms with van der Waals surface area (Å²) in [4.78, 5) is 15.2. The zero-order valence-corrected chi connectivity index (χ0v) is 29.9. The molecule has 0 atom stereocenters. The van der Waals surface area contributed by atoms with Crippen LogP contribution in [-0.4, -0.2) is 15.0 Å². The van der Waals surface area contributed by atoms with Gasteiger partial charge in [0.05, 0.1) is 0 Å². The Morgan fingerprint density at radius 1 is 0.327 bits per heavy atom. The summed E-state index contributed by atoms with van der Waals surface area (Å²) in [7, 11) is 0. The van der Waals surface area contributed by atoms with Crippen LogP contribution in [0.25, 0.3) is 78.3 Å². The van der Waals surface area contributed by atoms with E-state index in [0.29, 0.717) is 17.5 Å². The fourth-order valence-corrected chi connectivity index (χ4v) is 7.88. The first-order chi connectivity index (χ1) is 25.3. The minimum absolute atomic E-state index is 0.0617. The minimum atomic E-state index is -0.0801. The Kier molecular flexibility index (Phi) is 7.48. The van der Waals surface area contributed by atoms with Gasteiger partial charge in [0.1, 0.15) is 0 Å². The van der Waals surface area contributed by atoms with E-state index in [0.717, 1.165) is 38.6 Å². The van der Waals surface area contributed by atoms with E-state index in [4.69, 9.17) is 15.0 Å². The molecule has 0 radical (unpaired) electrons. The van der Waals surface area contributed by atoms with Gasteiger partial charge in [0.2, 0.25) is 0 Å². The number of aromatic nitrogens is 3.